The SMILES string of the molecule is CC(C)(C)OC(=O)NC1CCN(c2ccc(F)cc2NC(C#N)=C(C#N)C#N)C1. The van der Waals surface area contributed by atoms with Crippen LogP contribution in [-0.4, -0.2) is 30.8 Å². The van der Waals surface area contributed by atoms with Crippen LogP contribution in [0.2, 0.25) is 0 Å². The number of hydrogen-bond acceptors (Lipinski definition) is 7. The Hall–Kier alpha value is -3.77. The van der Waals surface area contributed by atoms with Gasteiger partial charge in [0.15, 0.2) is 5.57 Å². The number of carbonyl (C=O) groups is 1. The lowest BCUT2D eigenvalue weighted by Crippen LogP contribution is -2.40. The maximum Gasteiger partial charge on any atom is 0.407 e. The number of rotatable bonds is 4. The van der Waals surface area contributed by atoms with Crippen LogP contribution in [0.3, 0.4) is 0 Å². The first-order valence-electron chi connectivity index (χ1n) is 8.92. The number of halogens is 1. The maximum atomic E-state index is 13.8. The van der Waals surface area contributed by atoms with Crippen LogP contribution in [0, 0.1) is 39.8 Å². The van der Waals surface area contributed by atoms with Gasteiger partial charge < -0.3 is 20.3 Å². The number of nitrogens with zero attached hydrogens (tertiary/aromatic N) is 4. The molecule has 1 aromatic rings. The third-order valence-corrected chi connectivity index (χ3v) is 4.05. The molecule has 0 saturated carbocycles. The van der Waals surface area contributed by atoms with Gasteiger partial charge in [-0.05, 0) is 45.4 Å². The minimum Gasteiger partial charge on any atom is -0.444 e. The van der Waals surface area contributed by atoms with E-state index in [9.17, 15) is 14.4 Å². The first-order valence-corrected chi connectivity index (χ1v) is 8.92. The second-order valence-corrected chi connectivity index (χ2v) is 7.45. The summed E-state index contributed by atoms with van der Waals surface area (Å²) < 4.78 is 19.1. The van der Waals surface area contributed by atoms with Crippen molar-refractivity contribution in [3.63, 3.8) is 0 Å². The topological polar surface area (TPSA) is 125 Å². The summed E-state index contributed by atoms with van der Waals surface area (Å²) in [5.41, 5.74) is -0.418. The smallest absolute Gasteiger partial charge is 0.407 e. The van der Waals surface area contributed by atoms with Crippen molar-refractivity contribution < 1.29 is 13.9 Å². The van der Waals surface area contributed by atoms with Crippen molar-refractivity contribution in [3.8, 4) is 18.2 Å². The number of alkyl carbamates (subject to hydrolysis) is 1. The zero-order chi connectivity index (χ0) is 21.6. The first kappa shape index (κ1) is 21.5. The van der Waals surface area contributed by atoms with Crippen molar-refractivity contribution in [2.75, 3.05) is 23.3 Å². The summed E-state index contributed by atoms with van der Waals surface area (Å²) in [6.07, 6.45) is 0.141. The normalized spacial score (nSPS) is 15.5. The second kappa shape index (κ2) is 8.95. The highest BCUT2D eigenvalue weighted by Gasteiger charge is 2.28. The van der Waals surface area contributed by atoms with Gasteiger partial charge in [-0.15, -0.1) is 0 Å². The van der Waals surface area contributed by atoms with E-state index in [1.807, 2.05) is 4.90 Å². The second-order valence-electron chi connectivity index (χ2n) is 7.45. The Bertz CT molecular complexity index is 930. The van der Waals surface area contributed by atoms with Crippen molar-refractivity contribution in [3.05, 3.63) is 35.3 Å². The molecule has 0 bridgehead atoms. The van der Waals surface area contributed by atoms with Gasteiger partial charge in [0, 0.05) is 13.1 Å². The molecular formula is C20H21FN6O2. The maximum absolute atomic E-state index is 13.8. The molecule has 1 aromatic carbocycles. The van der Waals surface area contributed by atoms with Gasteiger partial charge in [-0.3, -0.25) is 0 Å². The molecule has 1 amide bonds. The predicted octanol–water partition coefficient (Wildman–Crippen LogP) is 3.17. The van der Waals surface area contributed by atoms with Gasteiger partial charge in [0.05, 0.1) is 17.4 Å². The highest BCUT2D eigenvalue weighted by molar-refractivity contribution is 5.75. The van der Waals surface area contributed by atoms with Gasteiger partial charge in [-0.25, -0.2) is 9.18 Å². The van der Waals surface area contributed by atoms with Crippen LogP contribution >= 0.6 is 0 Å². The summed E-state index contributed by atoms with van der Waals surface area (Å²) >= 11 is 0. The Morgan fingerprint density at radius 3 is 2.52 bits per heavy atom. The van der Waals surface area contributed by atoms with Crippen molar-refractivity contribution in [2.24, 2.45) is 0 Å². The van der Waals surface area contributed by atoms with Crippen molar-refractivity contribution in [1.82, 2.24) is 5.32 Å². The Balaban J connectivity index is 2.19. The summed E-state index contributed by atoms with van der Waals surface area (Å²) in [6.45, 7) is 6.37. The number of ether oxygens (including phenoxy) is 1. The van der Waals surface area contributed by atoms with Crippen LogP contribution in [0.1, 0.15) is 27.2 Å². The largest absolute Gasteiger partial charge is 0.444 e. The molecule has 150 valence electrons. The molecule has 0 aliphatic carbocycles. The van der Waals surface area contributed by atoms with Crippen LogP contribution < -0.4 is 15.5 Å². The van der Waals surface area contributed by atoms with Gasteiger partial charge in [0.2, 0.25) is 0 Å². The molecule has 9 heteroatoms. The molecule has 2 rings (SSSR count). The average Bonchev–Trinajstić information content (AvgIpc) is 3.08. The van der Waals surface area contributed by atoms with Crippen LogP contribution in [0.5, 0.6) is 0 Å². The molecule has 1 saturated heterocycles. The van der Waals surface area contributed by atoms with E-state index < -0.39 is 23.1 Å². The molecule has 0 aromatic heterocycles. The van der Waals surface area contributed by atoms with E-state index in [4.69, 9.17) is 15.3 Å². The average molecular weight is 396 g/mol. The number of benzene rings is 1. The number of amides is 1. The molecule has 0 spiro atoms. The highest BCUT2D eigenvalue weighted by atomic mass is 19.1. The quantitative estimate of drug-likeness (QED) is 0.749. The van der Waals surface area contributed by atoms with E-state index in [0.29, 0.717) is 25.2 Å². The monoisotopic (exact) mass is 396 g/mol. The molecular weight excluding hydrogens is 375 g/mol. The zero-order valence-corrected chi connectivity index (χ0v) is 16.4. The van der Waals surface area contributed by atoms with E-state index in [0.717, 1.165) is 0 Å². The highest BCUT2D eigenvalue weighted by Crippen LogP contribution is 2.31. The van der Waals surface area contributed by atoms with E-state index in [1.165, 1.54) is 12.1 Å². The summed E-state index contributed by atoms with van der Waals surface area (Å²) in [7, 11) is 0. The van der Waals surface area contributed by atoms with Gasteiger partial charge in [0.1, 0.15) is 35.3 Å². The number of carbonyl (C=O) groups excluding carboxylic acids is 1. The Morgan fingerprint density at radius 2 is 1.93 bits per heavy atom. The molecule has 2 N–H and O–H groups in total. The fourth-order valence-corrected chi connectivity index (χ4v) is 2.87. The standard InChI is InChI=1S/C20H21FN6O2/c1-20(2,3)29-19(28)25-15-6-7-27(12-15)18-5-4-14(21)8-16(18)26-17(11-24)13(9-22)10-23/h4-5,8,15,26H,6-7,12H2,1-3H3,(H,25,28). The molecule has 1 atom stereocenters. The molecule has 1 unspecified atom stereocenters. The Kier molecular flexibility index (Phi) is 6.64. The number of anilines is 2. The summed E-state index contributed by atoms with van der Waals surface area (Å²) in [5, 5.41) is 32.7. The lowest BCUT2D eigenvalue weighted by atomic mass is 10.2. The lowest BCUT2D eigenvalue weighted by Gasteiger charge is -2.24. The predicted molar refractivity (Wildman–Crippen MR) is 104 cm³/mol. The zero-order valence-electron chi connectivity index (χ0n) is 16.4. The van der Waals surface area contributed by atoms with Crippen LogP contribution in [0.15, 0.2) is 29.5 Å². The van der Waals surface area contributed by atoms with Crippen LogP contribution in [-0.2, 0) is 4.74 Å². The Labute approximate surface area is 168 Å². The van der Waals surface area contributed by atoms with Crippen LogP contribution in [0.25, 0.3) is 0 Å². The van der Waals surface area contributed by atoms with Crippen molar-refractivity contribution >= 4 is 17.5 Å². The molecule has 8 nitrogen and oxygen atoms in total. The fourth-order valence-electron chi connectivity index (χ4n) is 2.87. The van der Waals surface area contributed by atoms with Crippen molar-refractivity contribution in [2.45, 2.75) is 38.8 Å². The first-order chi connectivity index (χ1) is 13.7. The third kappa shape index (κ3) is 5.85. The number of nitriles is 3. The summed E-state index contributed by atoms with van der Waals surface area (Å²) in [6, 6.07) is 8.88. The number of allylic oxidation sites excluding steroid dienone is 2. The molecule has 1 heterocycles. The van der Waals surface area contributed by atoms with Crippen molar-refractivity contribution in [1.29, 1.82) is 15.8 Å². The molecule has 1 fully saturated rings. The minimum atomic E-state index is -0.602. The van der Waals surface area contributed by atoms with Gasteiger partial charge >= 0.3 is 6.09 Å². The summed E-state index contributed by atoms with van der Waals surface area (Å²) in [5.74, 6) is -0.536. The van der Waals surface area contributed by atoms with E-state index in [1.54, 1.807) is 45.0 Å². The number of nitrogens with one attached hydrogen (secondary N) is 2. The number of hydrogen-bond donors (Lipinski definition) is 2. The summed E-state index contributed by atoms with van der Waals surface area (Å²) in [4.78, 5) is 13.9. The minimum absolute atomic E-state index is 0.164. The van der Waals surface area contributed by atoms with Gasteiger partial charge in [-0.2, -0.15) is 15.8 Å². The fraction of sp³-hybridized carbons (Fsp3) is 0.400. The molecule has 0 radical (unpaired) electrons. The van der Waals surface area contributed by atoms with E-state index in [2.05, 4.69) is 10.6 Å². The van der Waals surface area contributed by atoms with Crippen LogP contribution in [0.4, 0.5) is 20.6 Å². The Morgan fingerprint density at radius 1 is 1.24 bits per heavy atom. The molecule has 29 heavy (non-hydrogen) atoms. The third-order valence-electron chi connectivity index (χ3n) is 4.05. The molecule has 1 aliphatic rings. The van der Waals surface area contributed by atoms with E-state index >= 15 is 0 Å². The van der Waals surface area contributed by atoms with Gasteiger partial charge in [0.25, 0.3) is 0 Å². The molecule has 1 aliphatic heterocycles. The lowest BCUT2D eigenvalue weighted by molar-refractivity contribution is 0.0509. The van der Waals surface area contributed by atoms with Gasteiger partial charge in [-0.1, -0.05) is 0 Å². The van der Waals surface area contributed by atoms with E-state index in [-0.39, 0.29) is 17.4 Å².